The van der Waals surface area contributed by atoms with Gasteiger partial charge in [-0.2, -0.15) is 0 Å². The molecule has 160 valence electrons. The zero-order valence-electron chi connectivity index (χ0n) is 17.7. The van der Waals surface area contributed by atoms with E-state index in [2.05, 4.69) is 4.90 Å². The number of ether oxygens (including phenoxy) is 2. The molecule has 5 nitrogen and oxygen atoms in total. The summed E-state index contributed by atoms with van der Waals surface area (Å²) in [6.07, 6.45) is 4.43. The van der Waals surface area contributed by atoms with Crippen molar-refractivity contribution in [3.63, 3.8) is 0 Å². The molecule has 0 saturated carbocycles. The molecule has 0 bridgehead atoms. The summed E-state index contributed by atoms with van der Waals surface area (Å²) in [5, 5.41) is 0. The van der Waals surface area contributed by atoms with Crippen LogP contribution in [0, 0.1) is 5.82 Å². The highest BCUT2D eigenvalue weighted by Crippen LogP contribution is 2.34. The molecule has 1 amide bonds. The third kappa shape index (κ3) is 4.15. The smallest absolute Gasteiger partial charge is 0.257 e. The van der Waals surface area contributed by atoms with Gasteiger partial charge in [-0.1, -0.05) is 6.07 Å². The van der Waals surface area contributed by atoms with Crippen LogP contribution in [0.2, 0.25) is 0 Å². The molecule has 2 aliphatic rings. The summed E-state index contributed by atoms with van der Waals surface area (Å²) in [5.74, 6) is 0.559. The maximum absolute atomic E-state index is 15.0. The second kappa shape index (κ2) is 9.04. The molecule has 2 aromatic carbocycles. The molecule has 2 fully saturated rings. The third-order valence-electron chi connectivity index (χ3n) is 6.22. The largest absolute Gasteiger partial charge is 0.497 e. The maximum atomic E-state index is 15.0. The van der Waals surface area contributed by atoms with Crippen LogP contribution in [-0.4, -0.2) is 62.1 Å². The lowest BCUT2D eigenvalue weighted by Gasteiger charge is -2.28. The van der Waals surface area contributed by atoms with Crippen molar-refractivity contribution in [1.82, 2.24) is 9.80 Å². The molecule has 2 heterocycles. The van der Waals surface area contributed by atoms with E-state index in [1.165, 1.54) is 18.9 Å². The fraction of sp³-hybridized carbons (Fsp3) is 0.458. The average molecular weight is 413 g/mol. The van der Waals surface area contributed by atoms with Crippen molar-refractivity contribution >= 4 is 5.91 Å². The number of rotatable bonds is 6. The van der Waals surface area contributed by atoms with Gasteiger partial charge in [0.05, 0.1) is 19.8 Å². The SMILES string of the molecule is COc1ccc(-c2ccc(C(=O)N3CCC[C@H]3CN3CCCC3)c(F)c2)c(OC)c1. The van der Waals surface area contributed by atoms with Crippen molar-refractivity contribution in [2.45, 2.75) is 31.7 Å². The lowest BCUT2D eigenvalue weighted by molar-refractivity contribution is 0.0704. The number of nitrogens with zero attached hydrogens (tertiary/aromatic N) is 2. The topological polar surface area (TPSA) is 42.0 Å². The Balaban J connectivity index is 1.55. The zero-order chi connectivity index (χ0) is 21.1. The van der Waals surface area contributed by atoms with Gasteiger partial charge < -0.3 is 19.3 Å². The summed E-state index contributed by atoms with van der Waals surface area (Å²) in [5.41, 5.74) is 1.56. The molecule has 2 aromatic rings. The summed E-state index contributed by atoms with van der Waals surface area (Å²) < 4.78 is 25.7. The number of halogens is 1. The van der Waals surface area contributed by atoms with Gasteiger partial charge in [0.2, 0.25) is 0 Å². The first-order chi connectivity index (χ1) is 14.6. The number of likely N-dealkylation sites (tertiary alicyclic amines) is 2. The first kappa shape index (κ1) is 20.7. The van der Waals surface area contributed by atoms with E-state index in [9.17, 15) is 4.79 Å². The Labute approximate surface area is 177 Å². The molecule has 0 radical (unpaired) electrons. The molecule has 0 N–H and O–H groups in total. The highest BCUT2D eigenvalue weighted by Gasteiger charge is 2.32. The molecule has 1 atom stereocenters. The van der Waals surface area contributed by atoms with Gasteiger partial charge in [0, 0.05) is 30.8 Å². The Bertz CT molecular complexity index is 911. The molecule has 2 aliphatic heterocycles. The summed E-state index contributed by atoms with van der Waals surface area (Å²) in [6, 6.07) is 10.4. The summed E-state index contributed by atoms with van der Waals surface area (Å²) in [7, 11) is 3.16. The number of carbonyl (C=O) groups is 1. The fourth-order valence-corrected chi connectivity index (χ4v) is 4.60. The molecule has 30 heavy (non-hydrogen) atoms. The number of carbonyl (C=O) groups excluding carboxylic acids is 1. The van der Waals surface area contributed by atoms with Gasteiger partial charge in [-0.3, -0.25) is 4.79 Å². The summed E-state index contributed by atoms with van der Waals surface area (Å²) in [6.45, 7) is 3.80. The molecule has 4 rings (SSSR count). The monoisotopic (exact) mass is 412 g/mol. The predicted molar refractivity (Wildman–Crippen MR) is 115 cm³/mol. The number of methoxy groups -OCH3 is 2. The van der Waals surface area contributed by atoms with Crippen LogP contribution in [0.25, 0.3) is 11.1 Å². The van der Waals surface area contributed by atoms with E-state index < -0.39 is 5.82 Å². The van der Waals surface area contributed by atoms with Crippen LogP contribution in [0.15, 0.2) is 36.4 Å². The van der Waals surface area contributed by atoms with Crippen molar-refractivity contribution in [3.8, 4) is 22.6 Å². The van der Waals surface area contributed by atoms with Crippen molar-refractivity contribution < 1.29 is 18.7 Å². The van der Waals surface area contributed by atoms with E-state index in [4.69, 9.17) is 9.47 Å². The quantitative estimate of drug-likeness (QED) is 0.713. The van der Waals surface area contributed by atoms with E-state index in [0.29, 0.717) is 23.6 Å². The molecule has 0 spiro atoms. The Kier molecular flexibility index (Phi) is 6.23. The van der Waals surface area contributed by atoms with E-state index in [-0.39, 0.29) is 17.5 Å². The molecule has 0 aliphatic carbocycles. The van der Waals surface area contributed by atoms with Gasteiger partial charge in [0.15, 0.2) is 0 Å². The van der Waals surface area contributed by atoms with E-state index in [1.54, 1.807) is 32.4 Å². The van der Waals surface area contributed by atoms with Crippen molar-refractivity contribution in [1.29, 1.82) is 0 Å². The first-order valence-electron chi connectivity index (χ1n) is 10.7. The number of benzene rings is 2. The van der Waals surface area contributed by atoms with Crippen molar-refractivity contribution in [2.75, 3.05) is 40.4 Å². The van der Waals surface area contributed by atoms with Crippen LogP contribution >= 0.6 is 0 Å². The van der Waals surface area contributed by atoms with Crippen LogP contribution in [0.5, 0.6) is 11.5 Å². The Morgan fingerprint density at radius 3 is 2.53 bits per heavy atom. The molecule has 2 saturated heterocycles. The lowest BCUT2D eigenvalue weighted by atomic mass is 10.0. The van der Waals surface area contributed by atoms with E-state index in [1.807, 2.05) is 17.0 Å². The van der Waals surface area contributed by atoms with Crippen LogP contribution < -0.4 is 9.47 Å². The van der Waals surface area contributed by atoms with Crippen molar-refractivity contribution in [2.24, 2.45) is 0 Å². The number of amides is 1. The molecular weight excluding hydrogens is 383 g/mol. The lowest BCUT2D eigenvalue weighted by Crippen LogP contribution is -2.42. The van der Waals surface area contributed by atoms with Gasteiger partial charge >= 0.3 is 0 Å². The Hall–Kier alpha value is -2.60. The van der Waals surface area contributed by atoms with Gasteiger partial charge in [0.1, 0.15) is 17.3 Å². The molecular formula is C24H29FN2O3. The predicted octanol–water partition coefficient (Wildman–Crippen LogP) is 4.21. The normalized spacial score (nSPS) is 19.3. The number of hydrogen-bond acceptors (Lipinski definition) is 4. The fourth-order valence-electron chi connectivity index (χ4n) is 4.60. The van der Waals surface area contributed by atoms with Crippen LogP contribution in [0.3, 0.4) is 0 Å². The van der Waals surface area contributed by atoms with E-state index in [0.717, 1.165) is 38.0 Å². The van der Waals surface area contributed by atoms with Crippen LogP contribution in [-0.2, 0) is 0 Å². The van der Waals surface area contributed by atoms with E-state index >= 15 is 4.39 Å². The first-order valence-corrected chi connectivity index (χ1v) is 10.7. The Morgan fingerprint density at radius 2 is 1.83 bits per heavy atom. The Morgan fingerprint density at radius 1 is 1.03 bits per heavy atom. The maximum Gasteiger partial charge on any atom is 0.257 e. The van der Waals surface area contributed by atoms with Crippen LogP contribution in [0.4, 0.5) is 4.39 Å². The zero-order valence-corrected chi connectivity index (χ0v) is 17.7. The summed E-state index contributed by atoms with van der Waals surface area (Å²) in [4.78, 5) is 17.4. The standard InChI is InChI=1S/C24H29FN2O3/c1-29-19-8-10-20(23(15-19)30-2)17-7-9-21(22(25)14-17)24(28)27-13-5-6-18(27)16-26-11-3-4-12-26/h7-10,14-15,18H,3-6,11-13,16H2,1-2H3/t18-/m0/s1. The highest BCUT2D eigenvalue weighted by molar-refractivity contribution is 5.95. The molecule has 6 heteroatoms. The number of hydrogen-bond donors (Lipinski definition) is 0. The van der Waals surface area contributed by atoms with Crippen molar-refractivity contribution in [3.05, 3.63) is 47.8 Å². The van der Waals surface area contributed by atoms with Gasteiger partial charge in [-0.25, -0.2) is 4.39 Å². The summed E-state index contributed by atoms with van der Waals surface area (Å²) >= 11 is 0. The van der Waals surface area contributed by atoms with Gasteiger partial charge in [-0.05, 0) is 68.6 Å². The average Bonchev–Trinajstić information content (AvgIpc) is 3.45. The highest BCUT2D eigenvalue weighted by atomic mass is 19.1. The van der Waals surface area contributed by atoms with Gasteiger partial charge in [-0.15, -0.1) is 0 Å². The second-order valence-electron chi connectivity index (χ2n) is 8.06. The molecule has 0 unspecified atom stereocenters. The van der Waals surface area contributed by atoms with Gasteiger partial charge in [0.25, 0.3) is 5.91 Å². The minimum Gasteiger partial charge on any atom is -0.497 e. The molecule has 0 aromatic heterocycles. The minimum absolute atomic E-state index is 0.138. The van der Waals surface area contributed by atoms with Crippen LogP contribution in [0.1, 0.15) is 36.0 Å². The second-order valence-corrected chi connectivity index (χ2v) is 8.06. The third-order valence-corrected chi connectivity index (χ3v) is 6.22. The minimum atomic E-state index is -0.498.